The first-order chi connectivity index (χ1) is 14.1. The number of carbonyl (C=O) groups is 1. The number of carbonyl (C=O) groups excluding carboxylic acids is 1. The Morgan fingerprint density at radius 2 is 1.76 bits per heavy atom. The summed E-state index contributed by atoms with van der Waals surface area (Å²) in [6.45, 7) is 0.237. The molecule has 0 aliphatic heterocycles. The van der Waals surface area contributed by atoms with Crippen LogP contribution in [0.5, 0.6) is 0 Å². The fourth-order valence-corrected chi connectivity index (χ4v) is 3.30. The van der Waals surface area contributed by atoms with Gasteiger partial charge in [0.25, 0.3) is 5.56 Å². The summed E-state index contributed by atoms with van der Waals surface area (Å²) in [7, 11) is 0. The molecule has 2 aromatic heterocycles. The molecule has 0 spiro atoms. The molecule has 4 rings (SSSR count). The Balaban J connectivity index is 1.75. The van der Waals surface area contributed by atoms with Crippen LogP contribution < -0.4 is 16.6 Å². The maximum Gasteiger partial charge on any atom is 0.329 e. The second kappa shape index (κ2) is 8.02. The van der Waals surface area contributed by atoms with Crippen molar-refractivity contribution < 1.29 is 9.21 Å². The number of nitrogens with one attached hydrogen (secondary N) is 2. The molecule has 29 heavy (non-hydrogen) atoms. The third-order valence-electron chi connectivity index (χ3n) is 4.77. The van der Waals surface area contributed by atoms with Gasteiger partial charge in [0.15, 0.2) is 0 Å². The largest absolute Gasteiger partial charge is 0.472 e. The monoisotopic (exact) mass is 389 g/mol. The minimum absolute atomic E-state index is 0.208. The van der Waals surface area contributed by atoms with Crippen LogP contribution in [0.3, 0.4) is 0 Å². The van der Waals surface area contributed by atoms with E-state index in [1.807, 2.05) is 30.3 Å². The minimum Gasteiger partial charge on any atom is -0.472 e. The number of aromatic nitrogens is 2. The summed E-state index contributed by atoms with van der Waals surface area (Å²) in [5.74, 6) is -0.419. The van der Waals surface area contributed by atoms with Gasteiger partial charge in [-0.1, -0.05) is 42.5 Å². The highest BCUT2D eigenvalue weighted by atomic mass is 16.3. The van der Waals surface area contributed by atoms with Crippen molar-refractivity contribution in [3.8, 4) is 0 Å². The molecule has 7 nitrogen and oxygen atoms in total. The zero-order valence-corrected chi connectivity index (χ0v) is 15.5. The maximum atomic E-state index is 13.1. The van der Waals surface area contributed by atoms with Crippen molar-refractivity contribution in [3.05, 3.63) is 105 Å². The van der Waals surface area contributed by atoms with E-state index in [1.54, 1.807) is 30.3 Å². The van der Waals surface area contributed by atoms with Crippen LogP contribution in [0.1, 0.15) is 17.2 Å². The average Bonchev–Trinajstić information content (AvgIpc) is 3.26. The molecule has 2 heterocycles. The molecule has 0 fully saturated rings. The van der Waals surface area contributed by atoms with Gasteiger partial charge in [0.2, 0.25) is 5.91 Å². The summed E-state index contributed by atoms with van der Waals surface area (Å²) in [4.78, 5) is 41.5. The Morgan fingerprint density at radius 3 is 2.52 bits per heavy atom. The van der Waals surface area contributed by atoms with Crippen LogP contribution in [0, 0.1) is 0 Å². The van der Waals surface area contributed by atoms with Gasteiger partial charge >= 0.3 is 5.69 Å². The number of para-hydroxylation sites is 1. The van der Waals surface area contributed by atoms with Crippen LogP contribution in [0.25, 0.3) is 10.9 Å². The first-order valence-electron chi connectivity index (χ1n) is 9.20. The van der Waals surface area contributed by atoms with Gasteiger partial charge in [0, 0.05) is 18.5 Å². The van der Waals surface area contributed by atoms with E-state index >= 15 is 0 Å². The van der Waals surface area contributed by atoms with Gasteiger partial charge < -0.3 is 14.7 Å². The average molecular weight is 389 g/mol. The third-order valence-corrected chi connectivity index (χ3v) is 4.77. The fraction of sp³-hybridized carbons (Fsp3) is 0.136. The summed E-state index contributed by atoms with van der Waals surface area (Å²) in [6.07, 6.45) is 3.25. The number of nitrogens with zero attached hydrogens (tertiary/aromatic N) is 1. The maximum absolute atomic E-state index is 13.1. The molecule has 0 saturated heterocycles. The molecule has 1 amide bonds. The van der Waals surface area contributed by atoms with Crippen LogP contribution in [0.4, 0.5) is 0 Å². The van der Waals surface area contributed by atoms with Crippen LogP contribution in [-0.2, 0) is 17.8 Å². The lowest BCUT2D eigenvalue weighted by Crippen LogP contribution is -2.45. The molecule has 1 atom stereocenters. The number of H-pyrrole nitrogens is 1. The molecule has 146 valence electrons. The molecule has 0 saturated carbocycles. The molecule has 2 aromatic carbocycles. The van der Waals surface area contributed by atoms with E-state index in [1.165, 1.54) is 12.5 Å². The molecule has 0 aliphatic rings. The molecule has 2 N–H and O–H groups in total. The number of hydrogen-bond donors (Lipinski definition) is 2. The van der Waals surface area contributed by atoms with E-state index in [9.17, 15) is 14.4 Å². The lowest BCUT2D eigenvalue weighted by molar-refractivity contribution is -0.124. The van der Waals surface area contributed by atoms with E-state index in [0.717, 1.165) is 15.7 Å². The number of rotatable bonds is 6. The van der Waals surface area contributed by atoms with E-state index in [-0.39, 0.29) is 13.0 Å². The summed E-state index contributed by atoms with van der Waals surface area (Å²) >= 11 is 0. The molecule has 4 aromatic rings. The van der Waals surface area contributed by atoms with Crippen LogP contribution in [0.2, 0.25) is 0 Å². The van der Waals surface area contributed by atoms with Crippen molar-refractivity contribution >= 4 is 16.8 Å². The van der Waals surface area contributed by atoms with Crippen LogP contribution >= 0.6 is 0 Å². The topological polar surface area (TPSA) is 97.1 Å². The van der Waals surface area contributed by atoms with Gasteiger partial charge in [-0.3, -0.25) is 9.59 Å². The summed E-state index contributed by atoms with van der Waals surface area (Å²) < 4.78 is 6.01. The van der Waals surface area contributed by atoms with E-state index in [4.69, 9.17) is 4.42 Å². The number of aromatic amines is 1. The predicted molar refractivity (Wildman–Crippen MR) is 109 cm³/mol. The van der Waals surface area contributed by atoms with Gasteiger partial charge in [-0.15, -0.1) is 0 Å². The summed E-state index contributed by atoms with van der Waals surface area (Å²) in [6, 6.07) is 16.8. The van der Waals surface area contributed by atoms with Gasteiger partial charge in [0.05, 0.1) is 23.4 Å². The zero-order valence-electron chi connectivity index (χ0n) is 15.5. The fourth-order valence-electron chi connectivity index (χ4n) is 3.30. The molecular weight excluding hydrogens is 370 g/mol. The Hall–Kier alpha value is -3.87. The first-order valence-corrected chi connectivity index (χ1v) is 9.20. The quantitative estimate of drug-likeness (QED) is 0.529. The SMILES string of the molecule is O=C(NCc1ccoc1)C(Cc1ccccc1)n1c(=O)[nH]c2ccccc2c1=O. The predicted octanol–water partition coefficient (Wildman–Crippen LogP) is 2.38. The number of hydrogen-bond acceptors (Lipinski definition) is 4. The van der Waals surface area contributed by atoms with Crippen molar-refractivity contribution in [1.82, 2.24) is 14.9 Å². The first kappa shape index (κ1) is 18.5. The normalized spacial score (nSPS) is 12.0. The lowest BCUT2D eigenvalue weighted by atomic mass is 10.0. The summed E-state index contributed by atoms with van der Waals surface area (Å²) in [5.41, 5.74) is 0.958. The van der Waals surface area contributed by atoms with Crippen molar-refractivity contribution in [2.75, 3.05) is 0 Å². The zero-order chi connectivity index (χ0) is 20.2. The van der Waals surface area contributed by atoms with Crippen molar-refractivity contribution in [3.63, 3.8) is 0 Å². The standard InChI is InChI=1S/C22H19N3O4/c26-20(23-13-16-10-11-29-14-16)19(12-15-6-2-1-3-7-15)25-21(27)17-8-4-5-9-18(17)24-22(25)28/h1-11,14,19H,12-13H2,(H,23,26)(H,24,28). The van der Waals surface area contributed by atoms with E-state index in [2.05, 4.69) is 10.3 Å². The Bertz CT molecular complexity index is 1240. The van der Waals surface area contributed by atoms with Crippen LogP contribution in [-0.4, -0.2) is 15.5 Å². The highest BCUT2D eigenvalue weighted by Gasteiger charge is 2.25. The Labute approximate surface area is 165 Å². The van der Waals surface area contributed by atoms with Crippen molar-refractivity contribution in [1.29, 1.82) is 0 Å². The van der Waals surface area contributed by atoms with Gasteiger partial charge in [-0.2, -0.15) is 0 Å². The molecule has 1 unspecified atom stereocenters. The molecular formula is C22H19N3O4. The number of fused-ring (bicyclic) bond motifs is 1. The molecule has 0 aliphatic carbocycles. The molecule has 0 radical (unpaired) electrons. The lowest BCUT2D eigenvalue weighted by Gasteiger charge is -2.19. The van der Waals surface area contributed by atoms with Gasteiger partial charge in [-0.25, -0.2) is 9.36 Å². The second-order valence-corrected chi connectivity index (χ2v) is 6.71. The van der Waals surface area contributed by atoms with Crippen molar-refractivity contribution in [2.45, 2.75) is 19.0 Å². The van der Waals surface area contributed by atoms with E-state index < -0.39 is 23.2 Å². The van der Waals surface area contributed by atoms with Crippen molar-refractivity contribution in [2.24, 2.45) is 0 Å². The summed E-state index contributed by atoms with van der Waals surface area (Å²) in [5, 5.41) is 3.15. The highest BCUT2D eigenvalue weighted by molar-refractivity contribution is 5.82. The molecule has 0 bridgehead atoms. The Kier molecular flexibility index (Phi) is 5.11. The number of amides is 1. The third kappa shape index (κ3) is 3.89. The Morgan fingerprint density at radius 1 is 1.00 bits per heavy atom. The number of furan rings is 1. The molecule has 7 heteroatoms. The highest BCUT2D eigenvalue weighted by Crippen LogP contribution is 2.14. The van der Waals surface area contributed by atoms with E-state index in [0.29, 0.717) is 10.9 Å². The van der Waals surface area contributed by atoms with Crippen LogP contribution in [0.15, 0.2) is 87.2 Å². The minimum atomic E-state index is -0.995. The van der Waals surface area contributed by atoms with Gasteiger partial charge in [0.1, 0.15) is 6.04 Å². The smallest absolute Gasteiger partial charge is 0.329 e. The second-order valence-electron chi connectivity index (χ2n) is 6.71. The van der Waals surface area contributed by atoms with Gasteiger partial charge in [-0.05, 0) is 23.8 Å². The number of benzene rings is 2.